The number of benzene rings is 9. The Kier molecular flexibility index (Phi) is 6.75. The van der Waals surface area contributed by atoms with Crippen molar-refractivity contribution in [3.05, 3.63) is 188 Å². The van der Waals surface area contributed by atoms with Gasteiger partial charge >= 0.3 is 0 Å². The molecule has 1 nitrogen and oxygen atoms in total. The summed E-state index contributed by atoms with van der Waals surface area (Å²) in [6.45, 7) is 0. The summed E-state index contributed by atoms with van der Waals surface area (Å²) < 4.78 is 2.63. The van der Waals surface area contributed by atoms with E-state index in [4.69, 9.17) is 0 Å². The number of hydrogen-bond acceptors (Lipinski definition) is 2. The first-order chi connectivity index (χ1) is 24.8. The fourth-order valence-electron chi connectivity index (χ4n) is 7.62. The van der Waals surface area contributed by atoms with Crippen LogP contribution in [0.25, 0.3) is 74.7 Å². The summed E-state index contributed by atoms with van der Waals surface area (Å²) in [6, 6.07) is 68.7. The second-order valence-corrected chi connectivity index (χ2v) is 14.0. The lowest BCUT2D eigenvalue weighted by molar-refractivity contribution is 1.29. The maximum atomic E-state index is 2.38. The normalized spacial score (nSPS) is 11.6. The predicted octanol–water partition coefficient (Wildman–Crippen LogP) is 14.3. The van der Waals surface area contributed by atoms with Gasteiger partial charge in [0, 0.05) is 37.2 Å². The average molecular weight is 654 g/mol. The van der Waals surface area contributed by atoms with Crippen molar-refractivity contribution in [1.29, 1.82) is 0 Å². The van der Waals surface area contributed by atoms with Crippen LogP contribution < -0.4 is 4.90 Å². The van der Waals surface area contributed by atoms with Gasteiger partial charge in [-0.3, -0.25) is 0 Å². The van der Waals surface area contributed by atoms with Crippen molar-refractivity contribution >= 4 is 80.9 Å². The number of rotatable bonds is 5. The third-order valence-corrected chi connectivity index (χ3v) is 11.2. The van der Waals surface area contributed by atoms with Crippen molar-refractivity contribution in [1.82, 2.24) is 0 Å². The van der Waals surface area contributed by atoms with Crippen LogP contribution in [0.5, 0.6) is 0 Å². The average Bonchev–Trinajstić information content (AvgIpc) is 3.57. The molecule has 0 aliphatic carbocycles. The van der Waals surface area contributed by atoms with Gasteiger partial charge in [0.15, 0.2) is 0 Å². The zero-order valence-corrected chi connectivity index (χ0v) is 28.1. The predicted molar refractivity (Wildman–Crippen MR) is 217 cm³/mol. The summed E-state index contributed by atoms with van der Waals surface area (Å²) >= 11 is 1.86. The van der Waals surface area contributed by atoms with E-state index in [1.165, 1.54) is 74.7 Å². The SMILES string of the molecule is c1ccc(-c2ccc(N(c3ccc(-c4ccc5c6ccccc6c6ccccc6c5c4)cc3)c3ccc4sc5ccccc5c4c3)cc2)cc1. The summed E-state index contributed by atoms with van der Waals surface area (Å²) in [5.74, 6) is 0. The molecule has 0 aliphatic heterocycles. The Balaban J connectivity index is 1.09. The maximum absolute atomic E-state index is 2.38. The highest BCUT2D eigenvalue weighted by atomic mass is 32.1. The Hall–Kier alpha value is -6.22. The van der Waals surface area contributed by atoms with E-state index in [0.29, 0.717) is 0 Å². The molecule has 50 heavy (non-hydrogen) atoms. The summed E-state index contributed by atoms with van der Waals surface area (Å²) in [7, 11) is 0. The van der Waals surface area contributed by atoms with E-state index in [-0.39, 0.29) is 0 Å². The summed E-state index contributed by atoms with van der Waals surface area (Å²) in [6.07, 6.45) is 0. The van der Waals surface area contributed by atoms with Crippen LogP contribution in [0.15, 0.2) is 188 Å². The van der Waals surface area contributed by atoms with Gasteiger partial charge in [0.2, 0.25) is 0 Å². The molecule has 1 aromatic heterocycles. The molecule has 1 heterocycles. The van der Waals surface area contributed by atoms with Crippen molar-refractivity contribution in [2.75, 3.05) is 4.90 Å². The van der Waals surface area contributed by atoms with E-state index >= 15 is 0 Å². The topological polar surface area (TPSA) is 3.24 Å². The lowest BCUT2D eigenvalue weighted by Gasteiger charge is -2.26. The minimum absolute atomic E-state index is 1.12. The van der Waals surface area contributed by atoms with E-state index < -0.39 is 0 Å². The van der Waals surface area contributed by atoms with Gasteiger partial charge in [-0.25, -0.2) is 0 Å². The molecule has 0 unspecified atom stereocenters. The van der Waals surface area contributed by atoms with Gasteiger partial charge in [-0.1, -0.05) is 133 Å². The Labute approximate surface area is 294 Å². The minimum atomic E-state index is 1.12. The number of hydrogen-bond donors (Lipinski definition) is 0. The second kappa shape index (κ2) is 11.7. The van der Waals surface area contributed by atoms with Gasteiger partial charge in [0.1, 0.15) is 0 Å². The molecule has 0 saturated heterocycles. The van der Waals surface area contributed by atoms with Crippen LogP contribution in [0.4, 0.5) is 17.1 Å². The minimum Gasteiger partial charge on any atom is -0.310 e. The van der Waals surface area contributed by atoms with E-state index in [1.54, 1.807) is 0 Å². The molecule has 0 aliphatic rings. The van der Waals surface area contributed by atoms with E-state index in [0.717, 1.165) is 17.1 Å². The van der Waals surface area contributed by atoms with Crippen LogP contribution in [-0.2, 0) is 0 Å². The first-order valence-electron chi connectivity index (χ1n) is 17.1. The third kappa shape index (κ3) is 4.76. The molecule has 10 aromatic rings. The molecule has 0 radical (unpaired) electrons. The van der Waals surface area contributed by atoms with Gasteiger partial charge in [-0.2, -0.15) is 0 Å². The molecular formula is C48H31NS. The third-order valence-electron chi connectivity index (χ3n) is 10.1. The molecule has 0 spiro atoms. The van der Waals surface area contributed by atoms with Crippen molar-refractivity contribution < 1.29 is 0 Å². The van der Waals surface area contributed by atoms with Crippen molar-refractivity contribution in [3.8, 4) is 22.3 Å². The quantitative estimate of drug-likeness (QED) is 0.167. The molecular weight excluding hydrogens is 623 g/mol. The van der Waals surface area contributed by atoms with Crippen LogP contribution >= 0.6 is 11.3 Å². The van der Waals surface area contributed by atoms with E-state index in [1.807, 2.05) is 11.3 Å². The fourth-order valence-corrected chi connectivity index (χ4v) is 8.71. The van der Waals surface area contributed by atoms with Crippen LogP contribution in [0.1, 0.15) is 0 Å². The zero-order valence-electron chi connectivity index (χ0n) is 27.3. The van der Waals surface area contributed by atoms with Crippen molar-refractivity contribution in [2.45, 2.75) is 0 Å². The van der Waals surface area contributed by atoms with E-state index in [2.05, 4.69) is 193 Å². The van der Waals surface area contributed by atoms with E-state index in [9.17, 15) is 0 Å². The largest absolute Gasteiger partial charge is 0.310 e. The van der Waals surface area contributed by atoms with Gasteiger partial charge in [-0.05, 0) is 109 Å². The van der Waals surface area contributed by atoms with Crippen LogP contribution in [-0.4, -0.2) is 0 Å². The monoisotopic (exact) mass is 653 g/mol. The molecule has 234 valence electrons. The standard InChI is InChI=1S/C48H31NS/c1-2-10-32(11-3-1)33-18-23-36(24-19-33)49(38-27-29-48-46(31-38)44-16-8-9-17-47(44)50-48)37-25-20-34(21-26-37)35-22-28-43-41-14-5-4-12-39(41)40-13-6-7-15-42(40)45(43)30-35/h1-31H. The van der Waals surface area contributed by atoms with Gasteiger partial charge in [0.05, 0.1) is 0 Å². The van der Waals surface area contributed by atoms with Crippen LogP contribution in [0, 0.1) is 0 Å². The first-order valence-corrected chi connectivity index (χ1v) is 17.9. The molecule has 0 atom stereocenters. The van der Waals surface area contributed by atoms with Gasteiger partial charge in [-0.15, -0.1) is 11.3 Å². The van der Waals surface area contributed by atoms with Crippen LogP contribution in [0.2, 0.25) is 0 Å². The Morgan fingerprint density at radius 2 is 0.700 bits per heavy atom. The molecule has 0 fully saturated rings. The Morgan fingerprint density at radius 1 is 0.260 bits per heavy atom. The summed E-state index contributed by atoms with van der Waals surface area (Å²) in [5.41, 5.74) is 8.24. The highest BCUT2D eigenvalue weighted by molar-refractivity contribution is 7.25. The van der Waals surface area contributed by atoms with Gasteiger partial charge < -0.3 is 4.90 Å². The molecule has 0 saturated carbocycles. The highest BCUT2D eigenvalue weighted by Gasteiger charge is 2.16. The van der Waals surface area contributed by atoms with Gasteiger partial charge in [0.25, 0.3) is 0 Å². The number of nitrogens with zero attached hydrogens (tertiary/aromatic N) is 1. The number of fused-ring (bicyclic) bond motifs is 9. The Morgan fingerprint density at radius 3 is 1.34 bits per heavy atom. The van der Waals surface area contributed by atoms with Crippen molar-refractivity contribution in [2.24, 2.45) is 0 Å². The lowest BCUT2D eigenvalue weighted by Crippen LogP contribution is -2.09. The molecule has 0 bridgehead atoms. The number of anilines is 3. The second-order valence-electron chi connectivity index (χ2n) is 12.9. The molecule has 9 aromatic carbocycles. The zero-order chi connectivity index (χ0) is 33.0. The number of thiophene rings is 1. The van der Waals surface area contributed by atoms with Crippen molar-refractivity contribution in [3.63, 3.8) is 0 Å². The molecule has 0 amide bonds. The Bertz CT molecular complexity index is 2810. The smallest absolute Gasteiger partial charge is 0.0468 e. The van der Waals surface area contributed by atoms with Crippen LogP contribution in [0.3, 0.4) is 0 Å². The first kappa shape index (κ1) is 28.8. The highest BCUT2D eigenvalue weighted by Crippen LogP contribution is 2.42. The summed E-state index contributed by atoms with van der Waals surface area (Å²) in [4.78, 5) is 2.38. The summed E-state index contributed by atoms with van der Waals surface area (Å²) in [5, 5.41) is 10.4. The molecule has 2 heteroatoms. The molecule has 10 rings (SSSR count). The molecule has 0 N–H and O–H groups in total. The lowest BCUT2D eigenvalue weighted by atomic mass is 9.92. The fraction of sp³-hybridized carbons (Fsp3) is 0. The maximum Gasteiger partial charge on any atom is 0.0468 e.